The highest BCUT2D eigenvalue weighted by molar-refractivity contribution is 6.76. The number of amides is 1. The number of hydrogen-bond donors (Lipinski definition) is 0. The Bertz CT molecular complexity index is 823. The van der Waals surface area contributed by atoms with Gasteiger partial charge in [0.15, 0.2) is 5.22 Å². The van der Waals surface area contributed by atoms with Gasteiger partial charge < -0.3 is 9.64 Å². The van der Waals surface area contributed by atoms with Crippen LogP contribution in [0.25, 0.3) is 6.08 Å². The van der Waals surface area contributed by atoms with Crippen molar-refractivity contribution in [2.24, 2.45) is 0 Å². The molecule has 0 aliphatic carbocycles. The number of hydrogen-bond acceptors (Lipinski definition) is 5. The molecule has 1 amide bonds. The van der Waals surface area contributed by atoms with E-state index in [1.165, 1.54) is 0 Å². The summed E-state index contributed by atoms with van der Waals surface area (Å²) < 4.78 is 14.8. The first-order valence-corrected chi connectivity index (χ1v) is 16.6. The molecule has 0 bridgehead atoms. The molecule has 38 heavy (non-hydrogen) atoms. The minimum absolute atomic E-state index is 0.0235. The van der Waals surface area contributed by atoms with Crippen molar-refractivity contribution < 1.29 is 9.53 Å². The number of nitrogens with zero attached hydrogens (tertiary/aromatic N) is 4. The van der Waals surface area contributed by atoms with Crippen molar-refractivity contribution in [3.63, 3.8) is 0 Å². The van der Waals surface area contributed by atoms with Crippen LogP contribution in [0.2, 0.25) is 0 Å². The molecule has 0 aliphatic heterocycles. The molecule has 7 heteroatoms. The fourth-order valence-electron chi connectivity index (χ4n) is 6.00. The Hall–Kier alpha value is -1.93. The van der Waals surface area contributed by atoms with E-state index in [1.54, 1.807) is 0 Å². The van der Waals surface area contributed by atoms with Crippen LogP contribution in [0.1, 0.15) is 81.7 Å². The van der Waals surface area contributed by atoms with Gasteiger partial charge >= 0.3 is 14.7 Å². The van der Waals surface area contributed by atoms with Crippen molar-refractivity contribution in [2.75, 3.05) is 39.3 Å². The highest BCUT2D eigenvalue weighted by atomic mass is 28.4. The number of ether oxygens (including phenoxy) is 1. The SMILES string of the molecule is C/C=C/[C@](/C=C/c1ccccc1)(OC(=O)N(C(C)C)C(C)C)[Si](N(CC)CC)(N(CC)CC)N(CC)CC. The molecule has 1 aromatic carbocycles. The van der Waals surface area contributed by atoms with Crippen LogP contribution >= 0.6 is 0 Å². The summed E-state index contributed by atoms with van der Waals surface area (Å²) in [5.41, 5.74) is 1.09. The molecule has 216 valence electrons. The van der Waals surface area contributed by atoms with Crippen LogP contribution in [0.5, 0.6) is 0 Å². The number of allylic oxidation sites excluding steroid dienone is 1. The number of benzene rings is 1. The zero-order chi connectivity index (χ0) is 28.9. The van der Waals surface area contributed by atoms with Gasteiger partial charge in [-0.25, -0.2) is 4.79 Å². The minimum Gasteiger partial charge on any atom is -0.433 e. The van der Waals surface area contributed by atoms with Gasteiger partial charge in [-0.2, -0.15) is 0 Å². The molecule has 0 saturated heterocycles. The molecule has 0 unspecified atom stereocenters. The van der Waals surface area contributed by atoms with E-state index >= 15 is 0 Å². The van der Waals surface area contributed by atoms with Gasteiger partial charge in [0.05, 0.1) is 0 Å². The molecule has 0 spiro atoms. The molecule has 0 aliphatic rings. The molecule has 0 N–H and O–H groups in total. The third-order valence-electron chi connectivity index (χ3n) is 7.45. The van der Waals surface area contributed by atoms with Crippen LogP contribution in [-0.4, -0.2) is 89.8 Å². The highest BCUT2D eigenvalue weighted by Crippen LogP contribution is 2.38. The molecule has 0 radical (unpaired) electrons. The topological polar surface area (TPSA) is 39.3 Å². The summed E-state index contributed by atoms with van der Waals surface area (Å²) in [6, 6.07) is 10.4. The van der Waals surface area contributed by atoms with E-state index < -0.39 is 13.8 Å². The summed E-state index contributed by atoms with van der Waals surface area (Å²) in [4.78, 5) is 16.0. The van der Waals surface area contributed by atoms with Crippen molar-refractivity contribution >= 4 is 20.7 Å². The van der Waals surface area contributed by atoms with Crippen molar-refractivity contribution in [1.82, 2.24) is 18.6 Å². The Morgan fingerprint density at radius 2 is 1.21 bits per heavy atom. The van der Waals surface area contributed by atoms with Gasteiger partial charge in [0.25, 0.3) is 0 Å². The lowest BCUT2D eigenvalue weighted by Crippen LogP contribution is -2.85. The van der Waals surface area contributed by atoms with Crippen LogP contribution < -0.4 is 0 Å². The Balaban J connectivity index is 4.26. The van der Waals surface area contributed by atoms with E-state index in [2.05, 4.69) is 119 Å². The lowest BCUT2D eigenvalue weighted by atomic mass is 10.2. The fourth-order valence-corrected chi connectivity index (χ4v) is 12.2. The zero-order valence-electron chi connectivity index (χ0n) is 26.2. The van der Waals surface area contributed by atoms with Crippen molar-refractivity contribution in [3.05, 3.63) is 54.1 Å². The summed E-state index contributed by atoms with van der Waals surface area (Å²) >= 11 is 0. The smallest absolute Gasteiger partial charge is 0.411 e. The van der Waals surface area contributed by atoms with Crippen LogP contribution in [0.15, 0.2) is 48.6 Å². The fraction of sp³-hybridized carbons (Fsp3) is 0.645. The van der Waals surface area contributed by atoms with E-state index in [1.807, 2.05) is 30.0 Å². The van der Waals surface area contributed by atoms with E-state index in [4.69, 9.17) is 4.74 Å². The third kappa shape index (κ3) is 7.17. The molecule has 1 aromatic rings. The van der Waals surface area contributed by atoms with Crippen molar-refractivity contribution in [2.45, 2.75) is 93.5 Å². The number of carbonyl (C=O) groups is 1. The summed E-state index contributed by atoms with van der Waals surface area (Å²) in [7, 11) is -2.96. The lowest BCUT2D eigenvalue weighted by Gasteiger charge is -2.59. The second-order valence-electron chi connectivity index (χ2n) is 10.2. The molecule has 1 rings (SSSR count). The Morgan fingerprint density at radius 1 is 0.789 bits per heavy atom. The molecule has 0 aromatic heterocycles. The summed E-state index contributed by atoms with van der Waals surface area (Å²) in [5, 5.41) is -0.971. The predicted octanol–water partition coefficient (Wildman–Crippen LogP) is 6.77. The second-order valence-corrected chi connectivity index (χ2v) is 14.1. The average Bonchev–Trinajstić information content (AvgIpc) is 2.89. The van der Waals surface area contributed by atoms with Crippen molar-refractivity contribution in [1.29, 1.82) is 0 Å². The largest absolute Gasteiger partial charge is 0.433 e. The van der Waals surface area contributed by atoms with Gasteiger partial charge in [0.2, 0.25) is 0 Å². The zero-order valence-corrected chi connectivity index (χ0v) is 27.2. The number of carbonyl (C=O) groups excluding carboxylic acids is 1. The molecule has 0 saturated carbocycles. The summed E-state index contributed by atoms with van der Waals surface area (Å²) in [5.74, 6) is 0. The first kappa shape index (κ1) is 34.1. The molecule has 0 heterocycles. The van der Waals surface area contributed by atoms with Gasteiger partial charge in [0, 0.05) is 12.1 Å². The molecule has 1 atom stereocenters. The first-order chi connectivity index (χ1) is 18.1. The maximum Gasteiger partial charge on any atom is 0.411 e. The van der Waals surface area contributed by atoms with E-state index in [0.717, 1.165) is 44.8 Å². The third-order valence-corrected chi connectivity index (χ3v) is 13.5. The lowest BCUT2D eigenvalue weighted by molar-refractivity contribution is 0.0394. The maximum absolute atomic E-state index is 14.2. The van der Waals surface area contributed by atoms with E-state index in [0.29, 0.717) is 0 Å². The van der Waals surface area contributed by atoms with E-state index in [9.17, 15) is 4.79 Å². The Morgan fingerprint density at radius 3 is 1.55 bits per heavy atom. The highest BCUT2D eigenvalue weighted by Gasteiger charge is 2.64. The van der Waals surface area contributed by atoms with Crippen LogP contribution in [-0.2, 0) is 4.74 Å². The molecule has 6 nitrogen and oxygen atoms in total. The predicted molar refractivity (Wildman–Crippen MR) is 166 cm³/mol. The Kier molecular flexibility index (Phi) is 14.6. The second kappa shape index (κ2) is 16.2. The van der Waals surface area contributed by atoms with Gasteiger partial charge in [-0.05, 0) is 91.6 Å². The molecule has 0 fully saturated rings. The van der Waals surface area contributed by atoms with Crippen LogP contribution in [0.3, 0.4) is 0 Å². The normalized spacial score (nSPS) is 14.5. The molecular formula is C31H56N4O2Si. The van der Waals surface area contributed by atoms with Gasteiger partial charge in [0.1, 0.15) is 0 Å². The van der Waals surface area contributed by atoms with Crippen LogP contribution in [0, 0.1) is 0 Å². The maximum atomic E-state index is 14.2. The average molecular weight is 545 g/mol. The first-order valence-electron chi connectivity index (χ1n) is 14.7. The summed E-state index contributed by atoms with van der Waals surface area (Å²) in [6.07, 6.45) is 8.27. The van der Waals surface area contributed by atoms with Gasteiger partial charge in [-0.15, -0.1) is 0 Å². The Labute approximate surface area is 235 Å². The van der Waals surface area contributed by atoms with Gasteiger partial charge in [-0.3, -0.25) is 13.7 Å². The quantitative estimate of drug-likeness (QED) is 0.170. The molecular weight excluding hydrogens is 488 g/mol. The monoisotopic (exact) mass is 544 g/mol. The number of rotatable bonds is 16. The van der Waals surface area contributed by atoms with Gasteiger partial charge in [-0.1, -0.05) is 84.0 Å². The standard InChI is InChI=1S/C31H56N4O2Si/c1-12-25-31(26-24-29-22-20-19-21-23-29,37-30(36)35(27(8)9)28(10)11)38(32(13-2)14-3,33(15-4)16-5)34(17-6)18-7/h12,19-28H,13-18H2,1-11H3/b25-12+,26-24+/t31-/m0/s1. The summed E-state index contributed by atoms with van der Waals surface area (Å²) in [6.45, 7) is 28.8. The van der Waals surface area contributed by atoms with E-state index in [-0.39, 0.29) is 18.2 Å². The van der Waals surface area contributed by atoms with Crippen LogP contribution in [0.4, 0.5) is 4.79 Å². The van der Waals surface area contributed by atoms with Crippen molar-refractivity contribution in [3.8, 4) is 0 Å². The minimum atomic E-state index is -2.96.